The number of nitrogens with one attached hydrogen (secondary N) is 1. The Morgan fingerprint density at radius 1 is 1.53 bits per heavy atom. The molecule has 1 fully saturated rings. The van der Waals surface area contributed by atoms with Gasteiger partial charge in [0.2, 0.25) is 0 Å². The Morgan fingerprint density at radius 3 is 2.80 bits per heavy atom. The Bertz CT molecular complexity index is 180. The predicted molar refractivity (Wildman–Crippen MR) is 64.0 cm³/mol. The molecule has 2 N–H and O–H groups in total. The Kier molecular flexibility index (Phi) is 5.03. The third-order valence-electron chi connectivity index (χ3n) is 3.67. The molecule has 0 spiro atoms. The molecule has 15 heavy (non-hydrogen) atoms. The first-order chi connectivity index (χ1) is 7.09. The molecule has 3 heteroatoms. The van der Waals surface area contributed by atoms with E-state index >= 15 is 0 Å². The summed E-state index contributed by atoms with van der Waals surface area (Å²) >= 11 is 0. The van der Waals surface area contributed by atoms with Crippen molar-refractivity contribution in [2.24, 2.45) is 5.92 Å². The average Bonchev–Trinajstić information content (AvgIpc) is 2.26. The van der Waals surface area contributed by atoms with E-state index in [4.69, 9.17) is 0 Å². The van der Waals surface area contributed by atoms with Crippen molar-refractivity contribution in [3.05, 3.63) is 0 Å². The standard InChI is InChI=1S/C12H26N2O/c1-4-12(2,10-15)13-8-11-6-5-7-14(3)9-11/h11,13,15H,4-10H2,1-3H3. The van der Waals surface area contributed by atoms with Gasteiger partial charge >= 0.3 is 0 Å². The van der Waals surface area contributed by atoms with Gasteiger partial charge in [0.25, 0.3) is 0 Å². The van der Waals surface area contributed by atoms with Crippen molar-refractivity contribution in [3.8, 4) is 0 Å². The predicted octanol–water partition coefficient (Wildman–Crippen LogP) is 1.08. The van der Waals surface area contributed by atoms with Crippen LogP contribution in [0.15, 0.2) is 0 Å². The number of hydrogen-bond acceptors (Lipinski definition) is 3. The summed E-state index contributed by atoms with van der Waals surface area (Å²) in [5.41, 5.74) is -0.0873. The molecular weight excluding hydrogens is 188 g/mol. The second kappa shape index (κ2) is 5.83. The van der Waals surface area contributed by atoms with Gasteiger partial charge in [-0.15, -0.1) is 0 Å². The monoisotopic (exact) mass is 214 g/mol. The van der Waals surface area contributed by atoms with Crippen molar-refractivity contribution in [2.45, 2.75) is 38.6 Å². The summed E-state index contributed by atoms with van der Waals surface area (Å²) < 4.78 is 0. The highest BCUT2D eigenvalue weighted by Gasteiger charge is 2.23. The van der Waals surface area contributed by atoms with Crippen molar-refractivity contribution in [2.75, 3.05) is 33.3 Å². The molecule has 0 aromatic heterocycles. The van der Waals surface area contributed by atoms with Crippen LogP contribution in [-0.4, -0.2) is 48.8 Å². The molecule has 0 aliphatic carbocycles. The van der Waals surface area contributed by atoms with Crippen molar-refractivity contribution in [1.29, 1.82) is 0 Å². The van der Waals surface area contributed by atoms with Gasteiger partial charge in [-0.05, 0) is 52.2 Å². The van der Waals surface area contributed by atoms with Crippen molar-refractivity contribution >= 4 is 0 Å². The van der Waals surface area contributed by atoms with Crippen LogP contribution in [0.5, 0.6) is 0 Å². The lowest BCUT2D eigenvalue weighted by molar-refractivity contribution is 0.147. The van der Waals surface area contributed by atoms with Crippen molar-refractivity contribution in [3.63, 3.8) is 0 Å². The molecule has 1 aliphatic heterocycles. The van der Waals surface area contributed by atoms with E-state index in [-0.39, 0.29) is 12.1 Å². The Labute approximate surface area is 93.9 Å². The summed E-state index contributed by atoms with van der Waals surface area (Å²) in [6, 6.07) is 0. The van der Waals surface area contributed by atoms with E-state index in [0.717, 1.165) is 18.9 Å². The summed E-state index contributed by atoms with van der Waals surface area (Å²) in [6.07, 6.45) is 3.61. The van der Waals surface area contributed by atoms with E-state index in [1.165, 1.54) is 25.9 Å². The third kappa shape index (κ3) is 4.09. The van der Waals surface area contributed by atoms with Gasteiger partial charge in [-0.1, -0.05) is 6.92 Å². The lowest BCUT2D eigenvalue weighted by Crippen LogP contribution is -2.49. The number of piperidine rings is 1. The summed E-state index contributed by atoms with van der Waals surface area (Å²) in [6.45, 7) is 7.91. The van der Waals surface area contributed by atoms with Gasteiger partial charge < -0.3 is 15.3 Å². The maximum absolute atomic E-state index is 9.29. The highest BCUT2D eigenvalue weighted by molar-refractivity contribution is 4.83. The SMILES string of the molecule is CCC(C)(CO)NCC1CCCN(C)C1. The number of nitrogens with zero attached hydrogens (tertiary/aromatic N) is 1. The minimum Gasteiger partial charge on any atom is -0.394 e. The molecule has 0 aromatic carbocycles. The first-order valence-corrected chi connectivity index (χ1v) is 6.14. The maximum atomic E-state index is 9.29. The molecule has 2 unspecified atom stereocenters. The van der Waals surface area contributed by atoms with E-state index in [9.17, 15) is 5.11 Å². The van der Waals surface area contributed by atoms with Gasteiger partial charge in [-0.2, -0.15) is 0 Å². The number of aliphatic hydroxyl groups is 1. The van der Waals surface area contributed by atoms with E-state index in [1.54, 1.807) is 0 Å². The summed E-state index contributed by atoms with van der Waals surface area (Å²) in [5.74, 6) is 0.751. The largest absolute Gasteiger partial charge is 0.394 e. The summed E-state index contributed by atoms with van der Waals surface area (Å²) in [5, 5.41) is 12.8. The second-order valence-electron chi connectivity index (χ2n) is 5.22. The molecule has 1 aliphatic rings. The maximum Gasteiger partial charge on any atom is 0.0610 e. The average molecular weight is 214 g/mol. The van der Waals surface area contributed by atoms with Crippen LogP contribution in [0.25, 0.3) is 0 Å². The smallest absolute Gasteiger partial charge is 0.0610 e. The molecular formula is C12H26N2O. The molecule has 0 aromatic rings. The van der Waals surface area contributed by atoms with Crippen LogP contribution >= 0.6 is 0 Å². The fraction of sp³-hybridized carbons (Fsp3) is 1.00. The summed E-state index contributed by atoms with van der Waals surface area (Å²) in [4.78, 5) is 2.40. The van der Waals surface area contributed by atoms with Crippen LogP contribution in [0.4, 0.5) is 0 Å². The lowest BCUT2D eigenvalue weighted by atomic mass is 9.95. The molecule has 90 valence electrons. The molecule has 0 bridgehead atoms. The Balaban J connectivity index is 2.29. The third-order valence-corrected chi connectivity index (χ3v) is 3.67. The zero-order valence-corrected chi connectivity index (χ0v) is 10.4. The topological polar surface area (TPSA) is 35.5 Å². The molecule has 0 saturated carbocycles. The summed E-state index contributed by atoms with van der Waals surface area (Å²) in [7, 11) is 2.19. The van der Waals surface area contributed by atoms with E-state index in [0.29, 0.717) is 0 Å². The van der Waals surface area contributed by atoms with Crippen LogP contribution in [0, 0.1) is 5.92 Å². The van der Waals surface area contributed by atoms with Crippen molar-refractivity contribution < 1.29 is 5.11 Å². The van der Waals surface area contributed by atoms with Gasteiger partial charge in [-0.25, -0.2) is 0 Å². The van der Waals surface area contributed by atoms with Gasteiger partial charge in [0.15, 0.2) is 0 Å². The molecule has 2 atom stereocenters. The normalized spacial score (nSPS) is 27.6. The van der Waals surface area contributed by atoms with E-state index < -0.39 is 0 Å². The highest BCUT2D eigenvalue weighted by atomic mass is 16.3. The number of hydrogen-bond donors (Lipinski definition) is 2. The first kappa shape index (κ1) is 12.9. The quantitative estimate of drug-likeness (QED) is 0.719. The Hall–Kier alpha value is -0.120. The molecule has 1 heterocycles. The van der Waals surface area contributed by atoms with Crippen molar-refractivity contribution in [1.82, 2.24) is 10.2 Å². The van der Waals surface area contributed by atoms with E-state index in [1.807, 2.05) is 0 Å². The minimum absolute atomic E-state index is 0.0873. The minimum atomic E-state index is -0.0873. The molecule has 0 radical (unpaired) electrons. The molecule has 3 nitrogen and oxygen atoms in total. The van der Waals surface area contributed by atoms with E-state index in [2.05, 4.69) is 31.1 Å². The molecule has 1 saturated heterocycles. The Morgan fingerprint density at radius 2 is 2.27 bits per heavy atom. The van der Waals surface area contributed by atoms with Gasteiger partial charge in [0.1, 0.15) is 0 Å². The van der Waals surface area contributed by atoms with Crippen LogP contribution < -0.4 is 5.32 Å². The fourth-order valence-electron chi connectivity index (χ4n) is 2.12. The molecule has 0 amide bonds. The number of rotatable bonds is 5. The van der Waals surface area contributed by atoms with Crippen LogP contribution in [0.3, 0.4) is 0 Å². The second-order valence-corrected chi connectivity index (χ2v) is 5.22. The lowest BCUT2D eigenvalue weighted by Gasteiger charge is -2.34. The first-order valence-electron chi connectivity index (χ1n) is 6.14. The zero-order chi connectivity index (χ0) is 11.3. The van der Waals surface area contributed by atoms with Gasteiger partial charge in [0, 0.05) is 12.1 Å². The molecule has 1 rings (SSSR count). The highest BCUT2D eigenvalue weighted by Crippen LogP contribution is 2.16. The number of likely N-dealkylation sites (tertiary alicyclic amines) is 1. The van der Waals surface area contributed by atoms with Crippen LogP contribution in [0.1, 0.15) is 33.1 Å². The number of aliphatic hydroxyl groups excluding tert-OH is 1. The fourth-order valence-corrected chi connectivity index (χ4v) is 2.12. The van der Waals surface area contributed by atoms with Crippen LogP contribution in [0.2, 0.25) is 0 Å². The van der Waals surface area contributed by atoms with Gasteiger partial charge in [0.05, 0.1) is 6.61 Å². The van der Waals surface area contributed by atoms with Gasteiger partial charge in [-0.3, -0.25) is 0 Å². The van der Waals surface area contributed by atoms with Crippen LogP contribution in [-0.2, 0) is 0 Å². The zero-order valence-electron chi connectivity index (χ0n) is 10.4.